The molecule has 0 aliphatic rings. The second kappa shape index (κ2) is 6.44. The maximum Gasteiger partial charge on any atom is 0.191 e. The van der Waals surface area contributed by atoms with Crippen LogP contribution in [0.1, 0.15) is 40.5 Å². The van der Waals surface area contributed by atoms with Gasteiger partial charge in [-0.2, -0.15) is 0 Å². The van der Waals surface area contributed by atoms with Gasteiger partial charge in [0, 0.05) is 6.42 Å². The van der Waals surface area contributed by atoms with Gasteiger partial charge in [-0.05, 0) is 11.8 Å². The van der Waals surface area contributed by atoms with E-state index in [2.05, 4.69) is 13.8 Å². The Kier molecular flexibility index (Phi) is 6.39. The average molecular weight is 173 g/mol. The van der Waals surface area contributed by atoms with Crippen molar-refractivity contribution < 1.29 is 9.84 Å². The molecule has 0 aromatic rings. The van der Waals surface area contributed by atoms with Crippen molar-refractivity contribution in [2.75, 3.05) is 6.61 Å². The van der Waals surface area contributed by atoms with Crippen molar-refractivity contribution in [3.8, 4) is 0 Å². The Morgan fingerprint density at radius 1 is 1.25 bits per heavy atom. The third kappa shape index (κ3) is 6.62. The lowest BCUT2D eigenvalue weighted by molar-refractivity contribution is -0.155. The normalized spacial score (nSPS) is 16.5. The number of hydrogen-bond acceptors (Lipinski definition) is 1. The predicted octanol–water partition coefficient (Wildman–Crippen LogP) is 2.85. The van der Waals surface area contributed by atoms with Gasteiger partial charge in [0.15, 0.2) is 6.29 Å². The molecule has 0 N–H and O–H groups in total. The van der Waals surface area contributed by atoms with Gasteiger partial charge in [0.1, 0.15) is 0 Å². The van der Waals surface area contributed by atoms with Crippen LogP contribution in [0.25, 0.3) is 0 Å². The Bertz CT molecular complexity index is 102. The Hall–Kier alpha value is -0.0800. The predicted molar refractivity (Wildman–Crippen MR) is 49.3 cm³/mol. The molecule has 0 aliphatic heterocycles. The smallest absolute Gasteiger partial charge is 0.191 e. The molecule has 73 valence electrons. The SMILES string of the molecule is CCC(C)COC([O])CC(C)C. The molecule has 0 spiro atoms. The van der Waals surface area contributed by atoms with Crippen molar-refractivity contribution in [3.63, 3.8) is 0 Å². The molecule has 2 atom stereocenters. The van der Waals surface area contributed by atoms with Crippen molar-refractivity contribution >= 4 is 0 Å². The van der Waals surface area contributed by atoms with Crippen LogP contribution in [0, 0.1) is 11.8 Å². The van der Waals surface area contributed by atoms with Crippen LogP contribution < -0.4 is 0 Å². The fraction of sp³-hybridized carbons (Fsp3) is 1.00. The average Bonchev–Trinajstić information content (AvgIpc) is 1.99. The van der Waals surface area contributed by atoms with E-state index in [1.165, 1.54) is 0 Å². The second-order valence-corrected chi connectivity index (χ2v) is 3.91. The van der Waals surface area contributed by atoms with Crippen LogP contribution in [-0.4, -0.2) is 12.9 Å². The van der Waals surface area contributed by atoms with Crippen molar-refractivity contribution in [3.05, 3.63) is 0 Å². The van der Waals surface area contributed by atoms with Crippen LogP contribution in [0.3, 0.4) is 0 Å². The lowest BCUT2D eigenvalue weighted by Gasteiger charge is -2.14. The number of ether oxygens (including phenoxy) is 1. The van der Waals surface area contributed by atoms with Gasteiger partial charge in [0.2, 0.25) is 0 Å². The molecule has 12 heavy (non-hydrogen) atoms. The summed E-state index contributed by atoms with van der Waals surface area (Å²) in [6, 6.07) is 0. The molecule has 0 saturated heterocycles. The minimum Gasteiger partial charge on any atom is -0.349 e. The summed E-state index contributed by atoms with van der Waals surface area (Å²) in [4.78, 5) is 0. The molecular formula is C10H21O2. The minimum absolute atomic E-state index is 0.435. The zero-order chi connectivity index (χ0) is 9.56. The van der Waals surface area contributed by atoms with Crippen LogP contribution in [-0.2, 0) is 9.84 Å². The largest absolute Gasteiger partial charge is 0.349 e. The third-order valence-electron chi connectivity index (χ3n) is 1.93. The first kappa shape index (κ1) is 11.9. The Balaban J connectivity index is 3.36. The molecule has 0 saturated carbocycles. The van der Waals surface area contributed by atoms with Crippen molar-refractivity contribution in [1.29, 1.82) is 0 Å². The molecule has 2 nitrogen and oxygen atoms in total. The summed E-state index contributed by atoms with van der Waals surface area (Å²) < 4.78 is 5.15. The van der Waals surface area contributed by atoms with Crippen molar-refractivity contribution in [2.45, 2.75) is 46.8 Å². The zero-order valence-electron chi connectivity index (χ0n) is 8.67. The zero-order valence-corrected chi connectivity index (χ0v) is 8.67. The summed E-state index contributed by atoms with van der Waals surface area (Å²) in [5.74, 6) is 0.943. The summed E-state index contributed by atoms with van der Waals surface area (Å²) >= 11 is 0. The van der Waals surface area contributed by atoms with Crippen LogP contribution in [0.2, 0.25) is 0 Å². The van der Waals surface area contributed by atoms with E-state index in [4.69, 9.17) is 4.74 Å². The standard InChI is InChI=1S/C10H21O2/c1-5-9(4)7-12-10(11)6-8(2)3/h8-10H,5-7H2,1-4H3. The maximum absolute atomic E-state index is 11.1. The first-order valence-electron chi connectivity index (χ1n) is 4.83. The van der Waals surface area contributed by atoms with E-state index in [0.29, 0.717) is 24.9 Å². The van der Waals surface area contributed by atoms with E-state index in [0.717, 1.165) is 6.42 Å². The molecule has 0 aromatic heterocycles. The number of hydrogen-bond donors (Lipinski definition) is 0. The highest BCUT2D eigenvalue weighted by molar-refractivity contribution is 4.50. The molecule has 0 bridgehead atoms. The van der Waals surface area contributed by atoms with Crippen molar-refractivity contribution in [2.24, 2.45) is 11.8 Å². The molecule has 0 fully saturated rings. The molecule has 0 heterocycles. The summed E-state index contributed by atoms with van der Waals surface area (Å²) in [7, 11) is 0. The van der Waals surface area contributed by atoms with Gasteiger partial charge < -0.3 is 4.74 Å². The Morgan fingerprint density at radius 2 is 1.83 bits per heavy atom. The molecule has 2 heteroatoms. The molecule has 0 rings (SSSR count). The molecule has 0 amide bonds. The van der Waals surface area contributed by atoms with Gasteiger partial charge in [-0.15, -0.1) is 0 Å². The maximum atomic E-state index is 11.1. The Labute approximate surface area is 75.9 Å². The van der Waals surface area contributed by atoms with Gasteiger partial charge in [-0.25, -0.2) is 5.11 Å². The van der Waals surface area contributed by atoms with Gasteiger partial charge in [0.25, 0.3) is 0 Å². The van der Waals surface area contributed by atoms with E-state index in [-0.39, 0.29) is 0 Å². The van der Waals surface area contributed by atoms with E-state index in [1.807, 2.05) is 13.8 Å². The first-order valence-corrected chi connectivity index (χ1v) is 4.83. The van der Waals surface area contributed by atoms with Gasteiger partial charge in [-0.1, -0.05) is 34.1 Å². The monoisotopic (exact) mass is 173 g/mol. The van der Waals surface area contributed by atoms with E-state index in [9.17, 15) is 5.11 Å². The number of rotatable bonds is 6. The van der Waals surface area contributed by atoms with Crippen LogP contribution >= 0.6 is 0 Å². The van der Waals surface area contributed by atoms with Gasteiger partial charge in [0.05, 0.1) is 6.61 Å². The first-order chi connectivity index (χ1) is 5.56. The Morgan fingerprint density at radius 3 is 2.25 bits per heavy atom. The highest BCUT2D eigenvalue weighted by Crippen LogP contribution is 2.09. The minimum atomic E-state index is -0.820. The van der Waals surface area contributed by atoms with Crippen molar-refractivity contribution in [1.82, 2.24) is 0 Å². The van der Waals surface area contributed by atoms with Gasteiger partial charge >= 0.3 is 0 Å². The third-order valence-corrected chi connectivity index (χ3v) is 1.93. The summed E-state index contributed by atoms with van der Waals surface area (Å²) in [5.41, 5.74) is 0. The van der Waals surface area contributed by atoms with Crippen LogP contribution in [0.15, 0.2) is 0 Å². The van der Waals surface area contributed by atoms with Crippen LogP contribution in [0.4, 0.5) is 0 Å². The topological polar surface area (TPSA) is 29.1 Å². The molecule has 2 unspecified atom stereocenters. The lowest BCUT2D eigenvalue weighted by atomic mass is 10.1. The second-order valence-electron chi connectivity index (χ2n) is 3.91. The fourth-order valence-electron chi connectivity index (χ4n) is 0.842. The van der Waals surface area contributed by atoms with Crippen LogP contribution in [0.5, 0.6) is 0 Å². The van der Waals surface area contributed by atoms with E-state index >= 15 is 0 Å². The summed E-state index contributed by atoms with van der Waals surface area (Å²) in [5, 5.41) is 11.1. The summed E-state index contributed by atoms with van der Waals surface area (Å²) in [6.45, 7) is 8.89. The molecular weight excluding hydrogens is 152 g/mol. The summed E-state index contributed by atoms with van der Waals surface area (Å²) in [6.07, 6.45) is 0.879. The molecule has 0 aromatic carbocycles. The highest BCUT2D eigenvalue weighted by atomic mass is 16.6. The van der Waals surface area contributed by atoms with E-state index < -0.39 is 6.29 Å². The molecule has 0 aliphatic carbocycles. The van der Waals surface area contributed by atoms with E-state index in [1.54, 1.807) is 0 Å². The highest BCUT2D eigenvalue weighted by Gasteiger charge is 2.09. The lowest BCUT2D eigenvalue weighted by Crippen LogP contribution is -2.17. The van der Waals surface area contributed by atoms with Gasteiger partial charge in [-0.3, -0.25) is 0 Å². The quantitative estimate of drug-likeness (QED) is 0.568. The molecule has 1 radical (unpaired) electrons. The fourth-order valence-corrected chi connectivity index (χ4v) is 0.842.